The largest absolute Gasteiger partial charge is 0.496 e. The van der Waals surface area contributed by atoms with Crippen LogP contribution in [-0.4, -0.2) is 35.2 Å². The van der Waals surface area contributed by atoms with E-state index in [1.165, 1.54) is 18.4 Å². The number of benzene rings is 2. The van der Waals surface area contributed by atoms with E-state index in [4.69, 9.17) is 9.26 Å². The summed E-state index contributed by atoms with van der Waals surface area (Å²) >= 11 is 0. The Bertz CT molecular complexity index is 893. The molecule has 0 saturated carbocycles. The summed E-state index contributed by atoms with van der Waals surface area (Å²) < 4.78 is 10.9. The van der Waals surface area contributed by atoms with Crippen molar-refractivity contribution in [1.29, 1.82) is 0 Å². The third-order valence-corrected chi connectivity index (χ3v) is 5.42. The van der Waals surface area contributed by atoms with Crippen LogP contribution in [0.2, 0.25) is 0 Å². The highest BCUT2D eigenvalue weighted by Crippen LogP contribution is 2.34. The number of hydrogen-bond acceptors (Lipinski definition) is 5. The molecule has 2 heterocycles. The van der Waals surface area contributed by atoms with Gasteiger partial charge in [0, 0.05) is 12.0 Å². The van der Waals surface area contributed by atoms with Crippen molar-refractivity contribution in [3.63, 3.8) is 0 Å². The van der Waals surface area contributed by atoms with E-state index in [0.717, 1.165) is 24.4 Å². The maximum atomic E-state index is 5.54. The molecule has 3 aromatic rings. The predicted octanol–water partition coefficient (Wildman–Crippen LogP) is 4.30. The van der Waals surface area contributed by atoms with Crippen LogP contribution in [0.15, 0.2) is 59.1 Å². The van der Waals surface area contributed by atoms with Gasteiger partial charge in [-0.2, -0.15) is 4.98 Å². The standard InChI is InChI=1S/C22H25N3O2/c1-22(17-9-4-3-5-10-17)13-8-14-25(16-22)15-20-23-21(24-27-20)18-11-6-7-12-19(18)26-2/h3-7,9-12H,8,13-16H2,1-2H3. The number of nitrogens with zero attached hydrogens (tertiary/aromatic N) is 3. The number of rotatable bonds is 5. The van der Waals surface area contributed by atoms with Gasteiger partial charge in [-0.3, -0.25) is 4.90 Å². The molecule has 1 aliphatic heterocycles. The van der Waals surface area contributed by atoms with Gasteiger partial charge >= 0.3 is 0 Å². The lowest BCUT2D eigenvalue weighted by Crippen LogP contribution is -2.43. The van der Waals surface area contributed by atoms with Crippen LogP contribution in [0.1, 0.15) is 31.2 Å². The second-order valence-electron chi connectivity index (χ2n) is 7.45. The van der Waals surface area contributed by atoms with Crippen molar-refractivity contribution in [2.24, 2.45) is 0 Å². The molecule has 1 aliphatic rings. The van der Waals surface area contributed by atoms with Gasteiger partial charge < -0.3 is 9.26 Å². The lowest BCUT2D eigenvalue weighted by Gasteiger charge is -2.40. The number of likely N-dealkylation sites (tertiary alicyclic amines) is 1. The SMILES string of the molecule is COc1ccccc1-c1noc(CN2CCCC(C)(c3ccccc3)C2)n1. The van der Waals surface area contributed by atoms with Crippen LogP contribution in [0.4, 0.5) is 0 Å². The first-order valence-electron chi connectivity index (χ1n) is 9.42. The van der Waals surface area contributed by atoms with E-state index in [2.05, 4.69) is 52.3 Å². The second kappa shape index (κ2) is 7.53. The molecule has 1 aromatic heterocycles. The molecular weight excluding hydrogens is 338 g/mol. The van der Waals surface area contributed by atoms with E-state index in [9.17, 15) is 0 Å². The zero-order chi connectivity index (χ0) is 18.7. The number of methoxy groups -OCH3 is 1. The maximum absolute atomic E-state index is 5.54. The Morgan fingerprint density at radius 3 is 2.70 bits per heavy atom. The first-order chi connectivity index (χ1) is 13.2. The molecule has 5 heteroatoms. The Hall–Kier alpha value is -2.66. The summed E-state index contributed by atoms with van der Waals surface area (Å²) in [4.78, 5) is 7.02. The molecule has 4 rings (SSSR count). The average Bonchev–Trinajstić information content (AvgIpc) is 3.17. The van der Waals surface area contributed by atoms with Gasteiger partial charge in [0.2, 0.25) is 11.7 Å². The van der Waals surface area contributed by atoms with Gasteiger partial charge in [0.1, 0.15) is 5.75 Å². The summed E-state index contributed by atoms with van der Waals surface area (Å²) in [5.41, 5.74) is 2.41. The maximum Gasteiger partial charge on any atom is 0.241 e. The van der Waals surface area contributed by atoms with Crippen LogP contribution in [0.5, 0.6) is 5.75 Å². The fraction of sp³-hybridized carbons (Fsp3) is 0.364. The van der Waals surface area contributed by atoms with Gasteiger partial charge in [-0.1, -0.05) is 54.5 Å². The Balaban J connectivity index is 1.49. The van der Waals surface area contributed by atoms with Crippen LogP contribution in [0, 0.1) is 0 Å². The van der Waals surface area contributed by atoms with Crippen molar-refractivity contribution >= 4 is 0 Å². The molecule has 5 nitrogen and oxygen atoms in total. The molecule has 0 N–H and O–H groups in total. The van der Waals surface area contributed by atoms with E-state index < -0.39 is 0 Å². The average molecular weight is 363 g/mol. The molecule has 1 fully saturated rings. The number of hydrogen-bond donors (Lipinski definition) is 0. The Labute approximate surface area is 160 Å². The molecule has 140 valence electrons. The normalized spacial score (nSPS) is 20.5. The minimum absolute atomic E-state index is 0.158. The van der Waals surface area contributed by atoms with E-state index >= 15 is 0 Å². The van der Waals surface area contributed by atoms with Crippen molar-refractivity contribution in [2.75, 3.05) is 20.2 Å². The third-order valence-electron chi connectivity index (χ3n) is 5.42. The molecule has 1 saturated heterocycles. The summed E-state index contributed by atoms with van der Waals surface area (Å²) in [7, 11) is 1.65. The molecule has 1 atom stereocenters. The van der Waals surface area contributed by atoms with Crippen LogP contribution < -0.4 is 4.74 Å². The fourth-order valence-electron chi connectivity index (χ4n) is 4.00. The monoisotopic (exact) mass is 363 g/mol. The van der Waals surface area contributed by atoms with Crippen LogP contribution >= 0.6 is 0 Å². The van der Waals surface area contributed by atoms with Crippen molar-refractivity contribution in [2.45, 2.75) is 31.7 Å². The Morgan fingerprint density at radius 2 is 1.89 bits per heavy atom. The van der Waals surface area contributed by atoms with E-state index in [0.29, 0.717) is 18.3 Å². The lowest BCUT2D eigenvalue weighted by molar-refractivity contribution is 0.135. The first-order valence-corrected chi connectivity index (χ1v) is 9.42. The molecule has 0 amide bonds. The molecule has 0 bridgehead atoms. The summed E-state index contributed by atoms with van der Waals surface area (Å²) in [5, 5.41) is 4.16. The molecule has 1 unspecified atom stereocenters. The summed E-state index contributed by atoms with van der Waals surface area (Å²) in [6.45, 7) is 5.06. The number of piperidine rings is 1. The zero-order valence-electron chi connectivity index (χ0n) is 15.9. The van der Waals surface area contributed by atoms with Gasteiger partial charge in [-0.15, -0.1) is 0 Å². The third kappa shape index (κ3) is 3.74. The topological polar surface area (TPSA) is 51.4 Å². The van der Waals surface area contributed by atoms with Gasteiger partial charge in [-0.05, 0) is 37.1 Å². The molecule has 2 aromatic carbocycles. The highest BCUT2D eigenvalue weighted by atomic mass is 16.5. The molecule has 0 spiro atoms. The fourth-order valence-corrected chi connectivity index (χ4v) is 4.00. The van der Waals surface area contributed by atoms with Crippen molar-refractivity contribution in [3.05, 3.63) is 66.1 Å². The van der Waals surface area contributed by atoms with Gasteiger partial charge in [0.25, 0.3) is 0 Å². The molecule has 0 radical (unpaired) electrons. The van der Waals surface area contributed by atoms with Crippen LogP contribution in [0.3, 0.4) is 0 Å². The highest BCUT2D eigenvalue weighted by Gasteiger charge is 2.33. The minimum atomic E-state index is 0.158. The predicted molar refractivity (Wildman–Crippen MR) is 105 cm³/mol. The highest BCUT2D eigenvalue weighted by molar-refractivity contribution is 5.63. The first kappa shape index (κ1) is 17.7. The summed E-state index contributed by atoms with van der Waals surface area (Å²) in [5.74, 6) is 1.97. The smallest absolute Gasteiger partial charge is 0.241 e. The lowest BCUT2D eigenvalue weighted by atomic mass is 9.76. The number of ether oxygens (including phenoxy) is 1. The number of para-hydroxylation sites is 1. The molecule has 0 aliphatic carbocycles. The summed E-state index contributed by atoms with van der Waals surface area (Å²) in [6.07, 6.45) is 2.36. The van der Waals surface area contributed by atoms with Crippen molar-refractivity contribution < 1.29 is 9.26 Å². The van der Waals surface area contributed by atoms with Crippen LogP contribution in [0.25, 0.3) is 11.4 Å². The minimum Gasteiger partial charge on any atom is -0.496 e. The van der Waals surface area contributed by atoms with Gasteiger partial charge in [0.15, 0.2) is 0 Å². The van der Waals surface area contributed by atoms with Crippen molar-refractivity contribution in [1.82, 2.24) is 15.0 Å². The number of aromatic nitrogens is 2. The zero-order valence-corrected chi connectivity index (χ0v) is 15.9. The van der Waals surface area contributed by atoms with Gasteiger partial charge in [-0.25, -0.2) is 0 Å². The Morgan fingerprint density at radius 1 is 1.11 bits per heavy atom. The van der Waals surface area contributed by atoms with Crippen LogP contribution in [-0.2, 0) is 12.0 Å². The summed E-state index contributed by atoms with van der Waals surface area (Å²) in [6, 6.07) is 18.5. The second-order valence-corrected chi connectivity index (χ2v) is 7.45. The molecular formula is C22H25N3O2. The van der Waals surface area contributed by atoms with E-state index in [1.807, 2.05) is 24.3 Å². The van der Waals surface area contributed by atoms with Gasteiger partial charge in [0.05, 0.1) is 19.2 Å². The van der Waals surface area contributed by atoms with E-state index in [1.54, 1.807) is 7.11 Å². The molecule has 27 heavy (non-hydrogen) atoms. The quantitative estimate of drug-likeness (QED) is 0.676. The Kier molecular flexibility index (Phi) is 4.94. The van der Waals surface area contributed by atoms with Crippen molar-refractivity contribution in [3.8, 4) is 17.1 Å². The van der Waals surface area contributed by atoms with E-state index in [-0.39, 0.29) is 5.41 Å².